The van der Waals surface area contributed by atoms with Crippen LogP contribution in [0.2, 0.25) is 0 Å². The molecule has 0 amide bonds. The van der Waals surface area contributed by atoms with Gasteiger partial charge in [-0.3, -0.25) is 0 Å². The summed E-state index contributed by atoms with van der Waals surface area (Å²) in [7, 11) is 0. The van der Waals surface area contributed by atoms with Crippen LogP contribution >= 0.6 is 0 Å². The lowest BCUT2D eigenvalue weighted by Gasteiger charge is -2.16. The van der Waals surface area contributed by atoms with Crippen molar-refractivity contribution >= 4 is 11.9 Å². The lowest BCUT2D eigenvalue weighted by atomic mass is 9.99. The molecular weight excluding hydrogens is 568 g/mol. The highest BCUT2D eigenvalue weighted by atomic mass is 16.6. The maximum absolute atomic E-state index is 13.0. The third kappa shape index (κ3) is 7.04. The van der Waals surface area contributed by atoms with E-state index in [1.165, 1.54) is 0 Å². The fourth-order valence-electron chi connectivity index (χ4n) is 5.66. The van der Waals surface area contributed by atoms with Gasteiger partial charge in [-0.15, -0.1) is 0 Å². The number of benzene rings is 4. The quantitative estimate of drug-likeness (QED) is 0.0654. The predicted molar refractivity (Wildman–Crippen MR) is 172 cm³/mol. The van der Waals surface area contributed by atoms with E-state index >= 15 is 0 Å². The highest BCUT2D eigenvalue weighted by Gasteiger charge is 2.34. The van der Waals surface area contributed by atoms with E-state index in [0.717, 1.165) is 60.3 Å². The van der Waals surface area contributed by atoms with Gasteiger partial charge < -0.3 is 23.7 Å². The highest BCUT2D eigenvalue weighted by molar-refractivity contribution is 5.92. The number of epoxide rings is 1. The molecule has 1 aliphatic carbocycles. The Morgan fingerprint density at radius 1 is 0.733 bits per heavy atom. The molecule has 1 saturated heterocycles. The molecule has 0 radical (unpaired) electrons. The van der Waals surface area contributed by atoms with Gasteiger partial charge in [0.2, 0.25) is 0 Å². The minimum atomic E-state index is -0.435. The number of hydrogen-bond acceptors (Lipinski definition) is 7. The second kappa shape index (κ2) is 13.6. The molecule has 3 unspecified atom stereocenters. The second-order valence-electron chi connectivity index (χ2n) is 11.6. The van der Waals surface area contributed by atoms with Crippen LogP contribution in [0.3, 0.4) is 0 Å². The molecule has 0 saturated carbocycles. The van der Waals surface area contributed by atoms with Gasteiger partial charge in [-0.05, 0) is 108 Å². The molecule has 45 heavy (non-hydrogen) atoms. The normalized spacial score (nSPS) is 16.7. The molecule has 1 fully saturated rings. The van der Waals surface area contributed by atoms with Gasteiger partial charge in [0.05, 0.1) is 24.3 Å². The van der Waals surface area contributed by atoms with Crippen molar-refractivity contribution in [1.29, 1.82) is 0 Å². The van der Waals surface area contributed by atoms with Gasteiger partial charge in [0.25, 0.3) is 0 Å². The first-order chi connectivity index (χ1) is 21.9. The summed E-state index contributed by atoms with van der Waals surface area (Å²) in [6, 6.07) is 25.4. The summed E-state index contributed by atoms with van der Waals surface area (Å²) in [5.41, 5.74) is 5.13. The summed E-state index contributed by atoms with van der Waals surface area (Å²) in [6.45, 7) is 7.72. The van der Waals surface area contributed by atoms with Gasteiger partial charge in [-0.1, -0.05) is 45.7 Å². The first-order valence-electron chi connectivity index (χ1n) is 15.8. The van der Waals surface area contributed by atoms with Crippen molar-refractivity contribution in [2.45, 2.75) is 64.6 Å². The fraction of sp³-hybridized carbons (Fsp3) is 0.316. The third-order valence-electron chi connectivity index (χ3n) is 8.27. The number of unbranched alkanes of at least 4 members (excludes halogenated alkanes) is 1. The molecule has 1 aliphatic heterocycles. The molecule has 0 aromatic heterocycles. The predicted octanol–water partition coefficient (Wildman–Crippen LogP) is 8.38. The molecule has 4 aromatic rings. The highest BCUT2D eigenvalue weighted by Crippen LogP contribution is 2.47. The number of ether oxygens (including phenoxy) is 5. The summed E-state index contributed by atoms with van der Waals surface area (Å²) in [5.74, 6) is 1.56. The standard InChI is InChI=1S/C38H38O7/c1-4-6-20-41-27-12-8-25(9-13-27)37(39)44-29-16-18-31-32-19-17-30(22-34(32)24(3)33(31)21-29)45-38(40)26-10-14-28(15-11-26)43-35(7-5-2)36-23-42-36/h8-19,21-22,24,35-36H,4-7,20,23H2,1-3H3. The van der Waals surface area contributed by atoms with Crippen LogP contribution in [0.1, 0.15) is 84.2 Å². The van der Waals surface area contributed by atoms with Crippen LogP contribution in [-0.4, -0.2) is 37.4 Å². The molecule has 3 atom stereocenters. The monoisotopic (exact) mass is 606 g/mol. The molecule has 0 bridgehead atoms. The van der Waals surface area contributed by atoms with Crippen molar-refractivity contribution in [3.63, 3.8) is 0 Å². The maximum atomic E-state index is 13.0. The van der Waals surface area contributed by atoms with Crippen molar-refractivity contribution in [2.24, 2.45) is 0 Å². The molecule has 0 spiro atoms. The Kier molecular flexibility index (Phi) is 9.17. The first-order valence-corrected chi connectivity index (χ1v) is 15.8. The molecule has 7 heteroatoms. The largest absolute Gasteiger partial charge is 0.494 e. The van der Waals surface area contributed by atoms with Crippen LogP contribution in [0.25, 0.3) is 11.1 Å². The van der Waals surface area contributed by atoms with Gasteiger partial charge in [0, 0.05) is 5.92 Å². The zero-order valence-electron chi connectivity index (χ0n) is 25.9. The lowest BCUT2D eigenvalue weighted by molar-refractivity contribution is 0.0725. The number of rotatable bonds is 13. The van der Waals surface area contributed by atoms with Crippen molar-refractivity contribution in [1.82, 2.24) is 0 Å². The van der Waals surface area contributed by atoms with Gasteiger partial charge in [0.1, 0.15) is 35.2 Å². The summed E-state index contributed by atoms with van der Waals surface area (Å²) in [6.07, 6.45) is 4.17. The van der Waals surface area contributed by atoms with E-state index in [1.807, 2.05) is 36.4 Å². The molecule has 2 aliphatic rings. The SMILES string of the molecule is CCCCOc1ccc(C(=O)Oc2ccc3c(c2)C(C)c2cc(OC(=O)c4ccc(OC(CCC)C5CO5)cc4)ccc2-3)cc1. The summed E-state index contributed by atoms with van der Waals surface area (Å²) in [5, 5.41) is 0. The van der Waals surface area contributed by atoms with Crippen LogP contribution in [0.5, 0.6) is 23.0 Å². The number of carbonyl (C=O) groups excluding carboxylic acids is 2. The third-order valence-corrected chi connectivity index (χ3v) is 8.27. The molecule has 7 nitrogen and oxygen atoms in total. The van der Waals surface area contributed by atoms with Crippen molar-refractivity contribution in [2.75, 3.05) is 13.2 Å². The minimum Gasteiger partial charge on any atom is -0.494 e. The second-order valence-corrected chi connectivity index (χ2v) is 11.6. The smallest absolute Gasteiger partial charge is 0.343 e. The Morgan fingerprint density at radius 3 is 1.73 bits per heavy atom. The van der Waals surface area contributed by atoms with Gasteiger partial charge in [-0.2, -0.15) is 0 Å². The lowest BCUT2D eigenvalue weighted by Crippen LogP contribution is -2.23. The fourth-order valence-corrected chi connectivity index (χ4v) is 5.66. The van der Waals surface area contributed by atoms with E-state index in [0.29, 0.717) is 35.0 Å². The zero-order valence-corrected chi connectivity index (χ0v) is 25.9. The topological polar surface area (TPSA) is 83.6 Å². The van der Waals surface area contributed by atoms with Crippen LogP contribution in [-0.2, 0) is 4.74 Å². The Balaban J connectivity index is 1.08. The van der Waals surface area contributed by atoms with Crippen molar-refractivity contribution < 1.29 is 33.3 Å². The number of esters is 2. The average Bonchev–Trinajstić information content (AvgIpc) is 3.87. The first kappa shape index (κ1) is 30.4. The Bertz CT molecular complexity index is 1660. The van der Waals surface area contributed by atoms with E-state index in [2.05, 4.69) is 20.8 Å². The van der Waals surface area contributed by atoms with Crippen molar-refractivity contribution in [3.8, 4) is 34.1 Å². The van der Waals surface area contributed by atoms with E-state index < -0.39 is 11.9 Å². The van der Waals surface area contributed by atoms with E-state index in [1.54, 1.807) is 48.5 Å². The van der Waals surface area contributed by atoms with Crippen LogP contribution in [0.4, 0.5) is 0 Å². The van der Waals surface area contributed by atoms with Crippen LogP contribution < -0.4 is 18.9 Å². The van der Waals surface area contributed by atoms with Crippen LogP contribution in [0.15, 0.2) is 84.9 Å². The average molecular weight is 607 g/mol. The Labute approximate surface area is 264 Å². The number of hydrogen-bond donors (Lipinski definition) is 0. The Hall–Kier alpha value is -4.62. The minimum absolute atomic E-state index is 0.0230. The number of carbonyl (C=O) groups is 2. The molecule has 0 N–H and O–H groups in total. The van der Waals surface area contributed by atoms with Crippen LogP contribution in [0, 0.1) is 0 Å². The summed E-state index contributed by atoms with van der Waals surface area (Å²) in [4.78, 5) is 25.8. The number of fused-ring (bicyclic) bond motifs is 3. The molecule has 232 valence electrons. The summed E-state index contributed by atoms with van der Waals surface area (Å²) >= 11 is 0. The van der Waals surface area contributed by atoms with E-state index in [4.69, 9.17) is 23.7 Å². The Morgan fingerprint density at radius 2 is 1.24 bits per heavy atom. The van der Waals surface area contributed by atoms with Gasteiger partial charge in [-0.25, -0.2) is 9.59 Å². The van der Waals surface area contributed by atoms with Gasteiger partial charge in [0.15, 0.2) is 0 Å². The molecular formula is C38H38O7. The van der Waals surface area contributed by atoms with E-state index in [9.17, 15) is 9.59 Å². The molecule has 1 heterocycles. The molecule has 6 rings (SSSR count). The summed E-state index contributed by atoms with van der Waals surface area (Å²) < 4.78 is 28.7. The van der Waals surface area contributed by atoms with Crippen molar-refractivity contribution in [3.05, 3.63) is 107 Å². The molecule has 4 aromatic carbocycles. The van der Waals surface area contributed by atoms with Gasteiger partial charge >= 0.3 is 11.9 Å². The van der Waals surface area contributed by atoms with E-state index in [-0.39, 0.29) is 18.1 Å². The maximum Gasteiger partial charge on any atom is 0.343 e. The zero-order chi connectivity index (χ0) is 31.3.